The number of benzene rings is 4. The average molecular weight is 311 g/mol. The number of azide groups is 1. The van der Waals surface area contributed by atoms with Crippen molar-refractivity contribution in [2.24, 2.45) is 5.11 Å². The molecule has 116 valence electrons. The summed E-state index contributed by atoms with van der Waals surface area (Å²) in [7, 11) is 0. The van der Waals surface area contributed by atoms with Crippen molar-refractivity contribution in [2.45, 2.75) is 6.54 Å². The predicted octanol–water partition coefficient (Wildman–Crippen LogP) is 6.49. The third kappa shape index (κ3) is 3.92. The zero-order valence-corrected chi connectivity index (χ0v) is 13.2. The fourth-order valence-corrected chi connectivity index (χ4v) is 2.58. The first-order chi connectivity index (χ1) is 11.9. The largest absolute Gasteiger partial charge is 0.0893 e. The van der Waals surface area contributed by atoms with E-state index in [4.69, 9.17) is 5.53 Å². The summed E-state index contributed by atoms with van der Waals surface area (Å²) in [5.74, 6) is 0. The van der Waals surface area contributed by atoms with Crippen molar-refractivity contribution < 1.29 is 0 Å². The molecule has 0 radical (unpaired) electrons. The number of fused-ring (bicyclic) bond motifs is 2. The van der Waals surface area contributed by atoms with Crippen molar-refractivity contribution in [1.29, 1.82) is 0 Å². The second kappa shape index (κ2) is 7.82. The third-order valence-corrected chi connectivity index (χ3v) is 3.77. The number of nitrogens with zero attached hydrogens (tertiary/aromatic N) is 3. The van der Waals surface area contributed by atoms with E-state index in [1.54, 1.807) is 0 Å². The van der Waals surface area contributed by atoms with Gasteiger partial charge in [-0.25, -0.2) is 0 Å². The first-order valence-corrected chi connectivity index (χ1v) is 7.79. The highest BCUT2D eigenvalue weighted by molar-refractivity contribution is 5.98. The van der Waals surface area contributed by atoms with Crippen molar-refractivity contribution in [3.63, 3.8) is 0 Å². The number of hydrogen-bond donors (Lipinski definition) is 0. The van der Waals surface area contributed by atoms with Gasteiger partial charge in [-0.1, -0.05) is 84.0 Å². The Balaban J connectivity index is 0.000000150. The highest BCUT2D eigenvalue weighted by Gasteiger charge is 1.95. The van der Waals surface area contributed by atoms with Crippen LogP contribution < -0.4 is 0 Å². The van der Waals surface area contributed by atoms with Crippen LogP contribution in [0.1, 0.15) is 5.56 Å². The van der Waals surface area contributed by atoms with Crippen molar-refractivity contribution in [3.8, 4) is 0 Å². The predicted molar refractivity (Wildman–Crippen MR) is 101 cm³/mol. The van der Waals surface area contributed by atoms with Crippen molar-refractivity contribution in [2.75, 3.05) is 0 Å². The molecule has 0 spiro atoms. The van der Waals surface area contributed by atoms with Gasteiger partial charge in [-0.05, 0) is 44.8 Å². The molecule has 4 rings (SSSR count). The molecule has 0 heterocycles. The molecule has 0 atom stereocenters. The summed E-state index contributed by atoms with van der Waals surface area (Å²) in [6.07, 6.45) is 0. The van der Waals surface area contributed by atoms with E-state index in [2.05, 4.69) is 70.7 Å². The Hall–Kier alpha value is -3.29. The van der Waals surface area contributed by atoms with Gasteiger partial charge in [0.2, 0.25) is 0 Å². The summed E-state index contributed by atoms with van der Waals surface area (Å²) in [6, 6.07) is 31.0. The Kier molecular flexibility index (Phi) is 5.08. The second-order valence-electron chi connectivity index (χ2n) is 5.42. The van der Waals surface area contributed by atoms with E-state index in [0.717, 1.165) is 5.56 Å². The van der Waals surface area contributed by atoms with Crippen molar-refractivity contribution in [1.82, 2.24) is 0 Å². The van der Waals surface area contributed by atoms with E-state index in [0.29, 0.717) is 6.54 Å². The van der Waals surface area contributed by atoms with Crippen LogP contribution in [0.5, 0.6) is 0 Å². The molecule has 0 amide bonds. The molecule has 0 aliphatic carbocycles. The lowest BCUT2D eigenvalue weighted by molar-refractivity contribution is 1.05. The molecule has 4 aromatic rings. The SMILES string of the molecule is [N-]=[N+]=NCc1ccccc1.c1ccc2cc3ccccc3cc2c1. The Morgan fingerprint density at radius 3 is 1.46 bits per heavy atom. The molecule has 0 saturated carbocycles. The first kappa shape index (κ1) is 15.6. The van der Waals surface area contributed by atoms with E-state index >= 15 is 0 Å². The minimum absolute atomic E-state index is 0.442. The molecule has 3 heteroatoms. The molecule has 3 nitrogen and oxygen atoms in total. The van der Waals surface area contributed by atoms with E-state index < -0.39 is 0 Å². The summed E-state index contributed by atoms with van der Waals surface area (Å²) < 4.78 is 0. The van der Waals surface area contributed by atoms with Crippen LogP contribution in [-0.4, -0.2) is 0 Å². The van der Waals surface area contributed by atoms with Gasteiger partial charge >= 0.3 is 0 Å². The maximum atomic E-state index is 7.99. The quantitative estimate of drug-likeness (QED) is 0.176. The van der Waals surface area contributed by atoms with Crippen molar-refractivity contribution in [3.05, 3.63) is 107 Å². The average Bonchev–Trinajstić information content (AvgIpc) is 2.66. The second-order valence-corrected chi connectivity index (χ2v) is 5.42. The van der Waals surface area contributed by atoms with E-state index in [1.165, 1.54) is 21.5 Å². The minimum atomic E-state index is 0.442. The van der Waals surface area contributed by atoms with Crippen LogP contribution >= 0.6 is 0 Å². The van der Waals surface area contributed by atoms with Crippen LogP contribution in [0.2, 0.25) is 0 Å². The summed E-state index contributed by atoms with van der Waals surface area (Å²) in [5.41, 5.74) is 9.03. The number of hydrogen-bond acceptors (Lipinski definition) is 1. The van der Waals surface area contributed by atoms with Gasteiger partial charge in [0.1, 0.15) is 0 Å². The molecule has 0 bridgehead atoms. The van der Waals surface area contributed by atoms with Crippen LogP contribution in [0.25, 0.3) is 32.0 Å². The van der Waals surface area contributed by atoms with E-state index in [9.17, 15) is 0 Å². The van der Waals surface area contributed by atoms with Crippen LogP contribution in [0.3, 0.4) is 0 Å². The molecule has 0 fully saturated rings. The first-order valence-electron chi connectivity index (χ1n) is 7.79. The summed E-state index contributed by atoms with van der Waals surface area (Å²) in [4.78, 5) is 2.66. The Morgan fingerprint density at radius 2 is 1.04 bits per heavy atom. The molecule has 0 aliphatic rings. The molecule has 0 unspecified atom stereocenters. The van der Waals surface area contributed by atoms with Gasteiger partial charge in [-0.15, -0.1) is 0 Å². The molecule has 24 heavy (non-hydrogen) atoms. The highest BCUT2D eigenvalue weighted by Crippen LogP contribution is 2.22. The lowest BCUT2D eigenvalue weighted by Crippen LogP contribution is -1.75. The maximum absolute atomic E-state index is 7.99. The summed E-state index contributed by atoms with van der Waals surface area (Å²) in [6.45, 7) is 0.442. The third-order valence-electron chi connectivity index (χ3n) is 3.77. The van der Waals surface area contributed by atoms with Gasteiger partial charge < -0.3 is 0 Å². The minimum Gasteiger partial charge on any atom is -0.0893 e. The monoisotopic (exact) mass is 311 g/mol. The molecular weight excluding hydrogens is 294 g/mol. The van der Waals surface area contributed by atoms with Gasteiger partial charge in [-0.3, -0.25) is 0 Å². The van der Waals surface area contributed by atoms with E-state index in [-0.39, 0.29) is 0 Å². The van der Waals surface area contributed by atoms with Gasteiger partial charge in [0.25, 0.3) is 0 Å². The number of rotatable bonds is 2. The zero-order chi connectivity index (χ0) is 16.6. The fraction of sp³-hybridized carbons (Fsp3) is 0.0476. The van der Waals surface area contributed by atoms with Gasteiger partial charge in [-0.2, -0.15) is 0 Å². The Morgan fingerprint density at radius 1 is 0.625 bits per heavy atom. The van der Waals surface area contributed by atoms with Crippen LogP contribution in [0, 0.1) is 0 Å². The summed E-state index contributed by atoms with van der Waals surface area (Å²) >= 11 is 0. The standard InChI is InChI=1S/C14H10.C7H7N3/c1-2-6-12-10-14-8-4-3-7-13(14)9-11(12)5-1;8-10-9-6-7-4-2-1-3-5-7/h1-10H;1-5H,6H2. The Labute approximate surface area is 140 Å². The normalized spacial score (nSPS) is 9.83. The van der Waals surface area contributed by atoms with Gasteiger partial charge in [0.05, 0.1) is 6.54 Å². The Bertz CT molecular complexity index is 882. The molecule has 4 aromatic carbocycles. The topological polar surface area (TPSA) is 48.8 Å². The van der Waals surface area contributed by atoms with Crippen LogP contribution in [-0.2, 0) is 6.54 Å². The molecule has 0 saturated heterocycles. The van der Waals surface area contributed by atoms with Gasteiger partial charge in [0, 0.05) is 4.91 Å². The molecule has 0 aromatic heterocycles. The maximum Gasteiger partial charge on any atom is 0.0510 e. The smallest absolute Gasteiger partial charge is 0.0510 e. The fourth-order valence-electron chi connectivity index (χ4n) is 2.58. The lowest BCUT2D eigenvalue weighted by atomic mass is 10.0. The zero-order valence-electron chi connectivity index (χ0n) is 13.2. The lowest BCUT2D eigenvalue weighted by Gasteiger charge is -2.00. The molecular formula is C21H17N3. The van der Waals surface area contributed by atoms with Crippen LogP contribution in [0.4, 0.5) is 0 Å². The van der Waals surface area contributed by atoms with Crippen LogP contribution in [0.15, 0.2) is 96.1 Å². The molecule has 0 N–H and O–H groups in total. The summed E-state index contributed by atoms with van der Waals surface area (Å²) in [5, 5.41) is 8.67. The van der Waals surface area contributed by atoms with E-state index in [1.807, 2.05) is 30.3 Å². The molecule has 0 aliphatic heterocycles. The van der Waals surface area contributed by atoms with Gasteiger partial charge in [0.15, 0.2) is 0 Å². The highest BCUT2D eigenvalue weighted by atomic mass is 15.1. The van der Waals surface area contributed by atoms with Crippen molar-refractivity contribution >= 4 is 21.5 Å².